The third-order valence-corrected chi connectivity index (χ3v) is 10.3. The van der Waals surface area contributed by atoms with Gasteiger partial charge in [-0.2, -0.15) is 0 Å². The molecule has 48 heavy (non-hydrogen) atoms. The number of fused-ring (bicyclic) bond motifs is 1. The number of hydrogen-bond acceptors (Lipinski definition) is 9. The number of benzene rings is 1. The number of halogens is 2. The van der Waals surface area contributed by atoms with E-state index in [0.29, 0.717) is 39.8 Å². The van der Waals surface area contributed by atoms with Crippen LogP contribution in [0.25, 0.3) is 16.6 Å². The number of likely N-dealkylation sites (N-methyl/N-ethyl adjacent to an activating group) is 1. The molecule has 0 radical (unpaired) electrons. The van der Waals surface area contributed by atoms with Crippen molar-refractivity contribution in [3.05, 3.63) is 80.8 Å². The highest BCUT2D eigenvalue weighted by atomic mass is 35.5. The second-order valence-electron chi connectivity index (χ2n) is 12.8. The summed E-state index contributed by atoms with van der Waals surface area (Å²) in [7, 11) is 4.14. The van der Waals surface area contributed by atoms with E-state index in [0.717, 1.165) is 50.4 Å². The predicted molar refractivity (Wildman–Crippen MR) is 184 cm³/mol. The molecular weight excluding hydrogens is 659 g/mol. The number of nitrogens with zero attached hydrogens (tertiary/aromatic N) is 6. The lowest BCUT2D eigenvalue weighted by molar-refractivity contribution is -0.122. The number of ether oxygens (including phenoxy) is 1. The van der Waals surface area contributed by atoms with E-state index in [1.54, 1.807) is 35.2 Å². The average Bonchev–Trinajstić information content (AvgIpc) is 3.41. The molecule has 5 heterocycles. The zero-order valence-corrected chi connectivity index (χ0v) is 28.1. The Labute approximate surface area is 287 Å². The SMILES string of the molecule is CN(C)C1CN(c2ccc(-n3cc(C(=O)O)c(=O)c4cc(Cl)c(N5CC6(CCC6)CC5COc5ncccc5Cl)cc43)cn2)C1.O=CO. The molecule has 1 aromatic carbocycles. The van der Waals surface area contributed by atoms with Crippen LogP contribution in [-0.2, 0) is 4.79 Å². The number of hydrogen-bond donors (Lipinski definition) is 2. The normalized spacial score (nSPS) is 18.3. The minimum absolute atomic E-state index is 0.000237. The number of anilines is 2. The lowest BCUT2D eigenvalue weighted by atomic mass is 9.67. The van der Waals surface area contributed by atoms with Crippen LogP contribution < -0.4 is 20.0 Å². The zero-order valence-electron chi connectivity index (χ0n) is 26.6. The molecule has 12 nitrogen and oxygen atoms in total. The van der Waals surface area contributed by atoms with Crippen LogP contribution >= 0.6 is 23.2 Å². The van der Waals surface area contributed by atoms with Gasteiger partial charge in [-0.25, -0.2) is 14.8 Å². The van der Waals surface area contributed by atoms with Gasteiger partial charge >= 0.3 is 5.97 Å². The smallest absolute Gasteiger partial charge is 0.341 e. The summed E-state index contributed by atoms with van der Waals surface area (Å²) in [6.45, 7) is 2.70. The maximum absolute atomic E-state index is 13.4. The van der Waals surface area contributed by atoms with Gasteiger partial charge in [0.25, 0.3) is 6.47 Å². The minimum Gasteiger partial charge on any atom is -0.483 e. The van der Waals surface area contributed by atoms with E-state index in [2.05, 4.69) is 33.8 Å². The van der Waals surface area contributed by atoms with E-state index in [1.807, 2.05) is 18.2 Å². The molecule has 0 bridgehead atoms. The number of aromatic carboxylic acids is 1. The van der Waals surface area contributed by atoms with Crippen LogP contribution in [0.2, 0.25) is 10.0 Å². The Morgan fingerprint density at radius 1 is 1.15 bits per heavy atom. The molecule has 1 spiro atoms. The first-order valence-corrected chi connectivity index (χ1v) is 16.4. The van der Waals surface area contributed by atoms with Gasteiger partial charge in [-0.1, -0.05) is 29.6 Å². The molecule has 1 atom stereocenters. The van der Waals surface area contributed by atoms with Crippen molar-refractivity contribution in [3.8, 4) is 11.6 Å². The molecule has 3 aromatic heterocycles. The highest BCUT2D eigenvalue weighted by molar-refractivity contribution is 6.34. The minimum atomic E-state index is -1.30. The van der Waals surface area contributed by atoms with Gasteiger partial charge in [0.05, 0.1) is 34.2 Å². The fourth-order valence-corrected chi connectivity index (χ4v) is 7.33. The molecular formula is C34H36Cl2N6O6. The summed E-state index contributed by atoms with van der Waals surface area (Å²) in [5.41, 5.74) is 1.23. The van der Waals surface area contributed by atoms with Crippen molar-refractivity contribution >= 4 is 58.1 Å². The van der Waals surface area contributed by atoms with Gasteiger partial charge in [-0.3, -0.25) is 9.59 Å². The molecule has 4 aromatic rings. The van der Waals surface area contributed by atoms with Gasteiger partial charge in [0, 0.05) is 43.5 Å². The number of carbonyl (C=O) groups is 2. The maximum Gasteiger partial charge on any atom is 0.341 e. The predicted octanol–water partition coefficient (Wildman–Crippen LogP) is 5.06. The average molecular weight is 696 g/mol. The summed E-state index contributed by atoms with van der Waals surface area (Å²) in [4.78, 5) is 49.5. The summed E-state index contributed by atoms with van der Waals surface area (Å²) in [6.07, 6.45) is 9.14. The van der Waals surface area contributed by atoms with Crippen LogP contribution in [0.15, 0.2) is 59.8 Å². The molecule has 252 valence electrons. The molecule has 7 rings (SSSR count). The standard InChI is InChI=1S/C33H34Cl2N6O4.CH2O2/c1-38(2)22-15-39(16-22)29-7-6-20(14-37-29)40-17-24(32(43)44)30(42)23-11-26(35)28(12-27(23)40)41-19-33(8-4-9-33)13-21(41)18-45-31-25(34)5-3-10-36-31;2-1-3/h3,5-7,10-12,14,17,21-22H,4,8-9,13,15-16,18-19H2,1-2H3,(H,43,44);1H,(H,2,3). The summed E-state index contributed by atoms with van der Waals surface area (Å²) in [6, 6.07) is 11.3. The summed E-state index contributed by atoms with van der Waals surface area (Å²) < 4.78 is 7.84. The summed E-state index contributed by atoms with van der Waals surface area (Å²) in [5, 5.41) is 17.9. The molecule has 1 unspecified atom stereocenters. The van der Waals surface area contributed by atoms with E-state index >= 15 is 0 Å². The van der Waals surface area contributed by atoms with E-state index in [9.17, 15) is 14.7 Å². The Balaban J connectivity index is 0.00000129. The highest BCUT2D eigenvalue weighted by Gasteiger charge is 2.48. The van der Waals surface area contributed by atoms with Crippen molar-refractivity contribution in [3.63, 3.8) is 0 Å². The summed E-state index contributed by atoms with van der Waals surface area (Å²) in [5.74, 6) is -0.0598. The third kappa shape index (κ3) is 6.39. The molecule has 3 fully saturated rings. The quantitative estimate of drug-likeness (QED) is 0.239. The molecule has 14 heteroatoms. The maximum atomic E-state index is 13.4. The Morgan fingerprint density at radius 2 is 1.90 bits per heavy atom. The van der Waals surface area contributed by atoms with Crippen molar-refractivity contribution in [1.29, 1.82) is 0 Å². The van der Waals surface area contributed by atoms with Gasteiger partial charge in [0.2, 0.25) is 11.3 Å². The molecule has 0 amide bonds. The van der Waals surface area contributed by atoms with E-state index < -0.39 is 11.4 Å². The van der Waals surface area contributed by atoms with Crippen molar-refractivity contribution in [2.24, 2.45) is 5.41 Å². The number of carboxylic acid groups (broad SMARTS) is 2. The van der Waals surface area contributed by atoms with Crippen molar-refractivity contribution in [2.45, 2.75) is 37.8 Å². The first-order chi connectivity index (χ1) is 23.0. The zero-order chi connectivity index (χ0) is 34.2. The topological polar surface area (TPSA) is 141 Å². The van der Waals surface area contributed by atoms with Crippen LogP contribution in [0.5, 0.6) is 5.88 Å². The third-order valence-electron chi connectivity index (χ3n) is 9.71. The van der Waals surface area contributed by atoms with Gasteiger partial charge in [0.1, 0.15) is 23.0 Å². The number of carboxylic acids is 1. The van der Waals surface area contributed by atoms with Crippen LogP contribution in [-0.4, -0.2) is 94.5 Å². The Bertz CT molecular complexity index is 1890. The molecule has 2 aliphatic heterocycles. The van der Waals surface area contributed by atoms with Gasteiger partial charge < -0.3 is 34.2 Å². The Morgan fingerprint density at radius 3 is 2.50 bits per heavy atom. The first kappa shape index (κ1) is 33.5. The van der Waals surface area contributed by atoms with Crippen LogP contribution in [0.3, 0.4) is 0 Å². The molecule has 3 aliphatic rings. The van der Waals surface area contributed by atoms with Crippen LogP contribution in [0.4, 0.5) is 11.5 Å². The highest BCUT2D eigenvalue weighted by Crippen LogP contribution is 2.52. The van der Waals surface area contributed by atoms with E-state index in [1.165, 1.54) is 12.6 Å². The Kier molecular flexibility index (Phi) is 9.50. The van der Waals surface area contributed by atoms with Gasteiger partial charge in [0.15, 0.2) is 0 Å². The second-order valence-corrected chi connectivity index (χ2v) is 13.6. The lowest BCUT2D eigenvalue weighted by Crippen LogP contribution is -2.57. The molecule has 1 saturated carbocycles. The second kappa shape index (κ2) is 13.6. The summed E-state index contributed by atoms with van der Waals surface area (Å²) >= 11 is 13.3. The largest absolute Gasteiger partial charge is 0.483 e. The lowest BCUT2D eigenvalue weighted by Gasteiger charge is -2.43. The number of aromatic nitrogens is 3. The van der Waals surface area contributed by atoms with Gasteiger partial charge in [-0.05, 0) is 75.2 Å². The molecule has 2 saturated heterocycles. The molecule has 1 aliphatic carbocycles. The fourth-order valence-electron chi connectivity index (χ4n) is 6.88. The number of rotatable bonds is 8. The Hall–Kier alpha value is -4.39. The van der Waals surface area contributed by atoms with E-state index in [-0.39, 0.29) is 28.9 Å². The fraction of sp³-hybridized carbons (Fsp3) is 0.382. The first-order valence-electron chi connectivity index (χ1n) is 15.6. The van der Waals surface area contributed by atoms with Gasteiger partial charge in [-0.15, -0.1) is 0 Å². The van der Waals surface area contributed by atoms with Crippen LogP contribution in [0.1, 0.15) is 36.0 Å². The monoisotopic (exact) mass is 694 g/mol. The van der Waals surface area contributed by atoms with Crippen LogP contribution in [0, 0.1) is 5.41 Å². The van der Waals surface area contributed by atoms with Crippen molar-refractivity contribution in [1.82, 2.24) is 19.4 Å². The number of pyridine rings is 3. The van der Waals surface area contributed by atoms with E-state index in [4.69, 9.17) is 42.8 Å². The van der Waals surface area contributed by atoms with Crippen molar-refractivity contribution < 1.29 is 24.5 Å². The van der Waals surface area contributed by atoms with Crippen molar-refractivity contribution in [2.75, 3.05) is 50.1 Å². The molecule has 2 N–H and O–H groups in total.